The minimum absolute atomic E-state index is 0.0756. The van der Waals surface area contributed by atoms with Crippen LogP contribution >= 0.6 is 0 Å². The lowest BCUT2D eigenvalue weighted by Gasteiger charge is -2.09. The maximum Gasteiger partial charge on any atom is 0.261 e. The Balaban J connectivity index is 2.12. The van der Waals surface area contributed by atoms with Crippen molar-refractivity contribution in [2.24, 2.45) is 0 Å². The van der Waals surface area contributed by atoms with Gasteiger partial charge in [-0.15, -0.1) is 5.10 Å². The zero-order chi connectivity index (χ0) is 15.2. The average Bonchev–Trinajstić information content (AvgIpc) is 2.92. The summed E-state index contributed by atoms with van der Waals surface area (Å²) in [4.78, 5) is 0. The fourth-order valence-electron chi connectivity index (χ4n) is 1.73. The van der Waals surface area contributed by atoms with Crippen LogP contribution in [-0.2, 0) is 11.3 Å². The highest BCUT2D eigenvalue weighted by Crippen LogP contribution is 2.27. The molecule has 9 heteroatoms. The van der Waals surface area contributed by atoms with Gasteiger partial charge in [0, 0.05) is 11.3 Å². The summed E-state index contributed by atoms with van der Waals surface area (Å²) in [5.74, 6) is 1.04. The number of nitrogens with two attached hydrogens (primary N) is 1. The fraction of sp³-hybridized carbons (Fsp3) is 0.417. The highest BCUT2D eigenvalue weighted by Gasteiger charge is 2.13. The minimum Gasteiger partial charge on any atom is -0.497 e. The van der Waals surface area contributed by atoms with Gasteiger partial charge in [0.25, 0.3) is 6.43 Å². The summed E-state index contributed by atoms with van der Waals surface area (Å²) < 4.78 is 35.3. The van der Waals surface area contributed by atoms with E-state index in [2.05, 4.69) is 15.5 Å². The lowest BCUT2D eigenvalue weighted by Crippen LogP contribution is -2.13. The smallest absolute Gasteiger partial charge is 0.261 e. The van der Waals surface area contributed by atoms with E-state index in [0.717, 1.165) is 0 Å². The summed E-state index contributed by atoms with van der Waals surface area (Å²) in [7, 11) is 1.54. The lowest BCUT2D eigenvalue weighted by molar-refractivity contribution is 0.0140. The van der Waals surface area contributed by atoms with Crippen LogP contribution in [-0.4, -0.2) is 47.0 Å². The third kappa shape index (κ3) is 3.85. The van der Waals surface area contributed by atoms with Crippen molar-refractivity contribution < 1.29 is 18.3 Å². The molecular formula is C12H15F2N5O2. The molecule has 114 valence electrons. The molecule has 0 bridgehead atoms. The van der Waals surface area contributed by atoms with Gasteiger partial charge in [-0.2, -0.15) is 0 Å². The monoisotopic (exact) mass is 299 g/mol. The Kier molecular flexibility index (Phi) is 4.99. The molecule has 0 amide bonds. The molecule has 0 spiro atoms. The zero-order valence-electron chi connectivity index (χ0n) is 11.4. The van der Waals surface area contributed by atoms with E-state index in [0.29, 0.717) is 22.8 Å². The van der Waals surface area contributed by atoms with E-state index in [4.69, 9.17) is 15.2 Å². The van der Waals surface area contributed by atoms with Crippen molar-refractivity contribution in [1.29, 1.82) is 0 Å². The first-order chi connectivity index (χ1) is 10.1. The zero-order valence-corrected chi connectivity index (χ0v) is 11.4. The van der Waals surface area contributed by atoms with Crippen molar-refractivity contribution in [2.75, 3.05) is 26.1 Å². The van der Waals surface area contributed by atoms with Crippen LogP contribution in [0, 0.1) is 0 Å². The van der Waals surface area contributed by atoms with E-state index in [9.17, 15) is 8.78 Å². The van der Waals surface area contributed by atoms with Gasteiger partial charge in [0.2, 0.25) is 0 Å². The summed E-state index contributed by atoms with van der Waals surface area (Å²) >= 11 is 0. The highest BCUT2D eigenvalue weighted by molar-refractivity contribution is 5.72. The standard InChI is InChI=1S/C12H15F2N5O2/c1-20-8-2-3-10(15)9(6-8)12-16-17-18-19(12)4-5-21-7-11(13)14/h2-3,6,11H,4-5,7,15H2,1H3. The molecule has 21 heavy (non-hydrogen) atoms. The van der Waals surface area contributed by atoms with Crippen molar-refractivity contribution in [3.63, 3.8) is 0 Å². The number of halogens is 2. The van der Waals surface area contributed by atoms with Gasteiger partial charge in [-0.1, -0.05) is 0 Å². The third-order valence-corrected chi connectivity index (χ3v) is 2.72. The van der Waals surface area contributed by atoms with E-state index >= 15 is 0 Å². The Bertz CT molecular complexity index is 591. The molecule has 2 rings (SSSR count). The van der Waals surface area contributed by atoms with E-state index < -0.39 is 13.0 Å². The number of tetrazole rings is 1. The Morgan fingerprint density at radius 1 is 1.38 bits per heavy atom. The summed E-state index contributed by atoms with van der Waals surface area (Å²) in [5.41, 5.74) is 7.00. The van der Waals surface area contributed by atoms with Crippen LogP contribution in [0.15, 0.2) is 18.2 Å². The second kappa shape index (κ2) is 6.93. The number of hydrogen-bond acceptors (Lipinski definition) is 6. The van der Waals surface area contributed by atoms with Crippen LogP contribution in [0.4, 0.5) is 14.5 Å². The van der Waals surface area contributed by atoms with E-state index in [1.807, 2.05) is 0 Å². The van der Waals surface area contributed by atoms with Crippen molar-refractivity contribution in [3.05, 3.63) is 18.2 Å². The van der Waals surface area contributed by atoms with Gasteiger partial charge in [0.05, 0.1) is 20.3 Å². The second-order valence-electron chi connectivity index (χ2n) is 4.14. The molecule has 0 atom stereocenters. The predicted molar refractivity (Wildman–Crippen MR) is 71.0 cm³/mol. The predicted octanol–water partition coefficient (Wildman–Crippen LogP) is 1.21. The number of hydrogen-bond donors (Lipinski definition) is 1. The molecule has 0 fully saturated rings. The molecule has 1 aromatic heterocycles. The minimum atomic E-state index is -2.49. The number of rotatable bonds is 7. The number of alkyl halides is 2. The maximum absolute atomic E-state index is 12.0. The number of methoxy groups -OCH3 is 1. The van der Waals surface area contributed by atoms with Crippen molar-refractivity contribution in [1.82, 2.24) is 20.2 Å². The number of benzene rings is 1. The van der Waals surface area contributed by atoms with E-state index in [1.165, 1.54) is 11.8 Å². The molecule has 0 saturated carbocycles. The molecule has 0 aliphatic heterocycles. The molecule has 1 aromatic carbocycles. The molecule has 2 aromatic rings. The van der Waals surface area contributed by atoms with Crippen LogP contribution in [0.5, 0.6) is 5.75 Å². The topological polar surface area (TPSA) is 88.1 Å². The number of nitrogen functional groups attached to an aromatic ring is 1. The largest absolute Gasteiger partial charge is 0.497 e. The number of anilines is 1. The maximum atomic E-state index is 12.0. The van der Waals surface area contributed by atoms with Crippen LogP contribution < -0.4 is 10.5 Å². The van der Waals surface area contributed by atoms with Gasteiger partial charge in [-0.25, -0.2) is 13.5 Å². The molecule has 0 aliphatic carbocycles. The Labute approximate surface area is 119 Å². The quantitative estimate of drug-likeness (QED) is 0.611. The van der Waals surface area contributed by atoms with Crippen molar-refractivity contribution in [3.8, 4) is 17.1 Å². The molecule has 0 radical (unpaired) electrons. The Morgan fingerprint density at radius 3 is 2.90 bits per heavy atom. The van der Waals surface area contributed by atoms with Gasteiger partial charge in [0.1, 0.15) is 12.4 Å². The molecule has 2 N–H and O–H groups in total. The first kappa shape index (κ1) is 15.1. The van der Waals surface area contributed by atoms with E-state index in [1.54, 1.807) is 18.2 Å². The Hall–Kier alpha value is -2.29. The van der Waals surface area contributed by atoms with Crippen LogP contribution in [0.2, 0.25) is 0 Å². The molecule has 0 unspecified atom stereocenters. The molecule has 0 saturated heterocycles. The summed E-state index contributed by atoms with van der Waals surface area (Å²) in [6.45, 7) is -0.295. The van der Waals surface area contributed by atoms with Gasteiger partial charge in [0.15, 0.2) is 5.82 Å². The number of ether oxygens (including phenoxy) is 2. The van der Waals surface area contributed by atoms with Crippen LogP contribution in [0.3, 0.4) is 0 Å². The summed E-state index contributed by atoms with van der Waals surface area (Å²) in [6, 6.07) is 5.11. The van der Waals surface area contributed by atoms with Gasteiger partial charge in [-0.05, 0) is 28.6 Å². The Morgan fingerprint density at radius 2 is 2.19 bits per heavy atom. The van der Waals surface area contributed by atoms with Crippen LogP contribution in [0.25, 0.3) is 11.4 Å². The summed E-state index contributed by atoms with van der Waals surface area (Å²) in [6.07, 6.45) is -2.49. The van der Waals surface area contributed by atoms with Gasteiger partial charge >= 0.3 is 0 Å². The lowest BCUT2D eigenvalue weighted by atomic mass is 10.1. The highest BCUT2D eigenvalue weighted by atomic mass is 19.3. The van der Waals surface area contributed by atoms with Crippen LogP contribution in [0.1, 0.15) is 0 Å². The van der Waals surface area contributed by atoms with E-state index in [-0.39, 0.29) is 13.2 Å². The normalized spacial score (nSPS) is 11.0. The average molecular weight is 299 g/mol. The molecule has 7 nitrogen and oxygen atoms in total. The first-order valence-electron chi connectivity index (χ1n) is 6.17. The second-order valence-corrected chi connectivity index (χ2v) is 4.14. The summed E-state index contributed by atoms with van der Waals surface area (Å²) in [5, 5.41) is 11.3. The first-order valence-corrected chi connectivity index (χ1v) is 6.17. The molecule has 1 heterocycles. The molecular weight excluding hydrogens is 284 g/mol. The third-order valence-electron chi connectivity index (χ3n) is 2.72. The van der Waals surface area contributed by atoms with Crippen molar-refractivity contribution in [2.45, 2.75) is 13.0 Å². The SMILES string of the molecule is COc1ccc(N)c(-c2nnnn2CCOCC(F)F)c1. The number of nitrogens with zero attached hydrogens (tertiary/aromatic N) is 4. The van der Waals surface area contributed by atoms with Gasteiger partial charge < -0.3 is 15.2 Å². The van der Waals surface area contributed by atoms with Crippen molar-refractivity contribution >= 4 is 5.69 Å². The fourth-order valence-corrected chi connectivity index (χ4v) is 1.73. The molecule has 0 aliphatic rings. The van der Waals surface area contributed by atoms with Gasteiger partial charge in [-0.3, -0.25) is 0 Å². The number of aromatic nitrogens is 4.